The lowest BCUT2D eigenvalue weighted by molar-refractivity contribution is 0.0412. The minimum absolute atomic E-state index is 0.0285. The van der Waals surface area contributed by atoms with Crippen LogP contribution in [-0.2, 0) is 18.3 Å². The van der Waals surface area contributed by atoms with Crippen LogP contribution in [0, 0.1) is 5.92 Å². The Kier molecular flexibility index (Phi) is 7.11. The first-order valence-corrected chi connectivity index (χ1v) is 14.8. The molecule has 222 valence electrons. The highest BCUT2D eigenvalue weighted by atomic mass is 16.6. The number of nitrogens with zero attached hydrogens (tertiary/aromatic N) is 5. The predicted octanol–water partition coefficient (Wildman–Crippen LogP) is 5.53. The second-order valence-electron chi connectivity index (χ2n) is 12.8. The number of carbonyl (C=O) groups is 2. The standard InChI is InChI=1S/C32H40N6O4/c1-19-9-12-23(34-31(40)42-32(2,3)4)18-37(19)30(39)22-14-24-27(26(16-22)41-6)36(5)29(35-24)25-15-21-8-7-13-33-28(21)38(25)17-20-10-11-20/h7-8,13-16,19-20,23H,9-12,17-18H2,1-6H3,(H,34,40)/t19-,23+/m0/s1. The highest BCUT2D eigenvalue weighted by Gasteiger charge is 2.32. The fraction of sp³-hybridized carbons (Fsp3) is 0.500. The number of hydrogen-bond acceptors (Lipinski definition) is 6. The van der Waals surface area contributed by atoms with Gasteiger partial charge in [0.25, 0.3) is 5.91 Å². The van der Waals surface area contributed by atoms with Gasteiger partial charge in [-0.25, -0.2) is 14.8 Å². The van der Waals surface area contributed by atoms with Gasteiger partial charge in [0.15, 0.2) is 5.82 Å². The maximum atomic E-state index is 13.9. The van der Waals surface area contributed by atoms with Gasteiger partial charge in [0.2, 0.25) is 0 Å². The van der Waals surface area contributed by atoms with E-state index in [2.05, 4.69) is 27.0 Å². The Morgan fingerprint density at radius 3 is 2.62 bits per heavy atom. The van der Waals surface area contributed by atoms with Crippen LogP contribution < -0.4 is 10.1 Å². The van der Waals surface area contributed by atoms with Crippen molar-refractivity contribution in [2.24, 2.45) is 13.0 Å². The van der Waals surface area contributed by atoms with E-state index in [1.165, 1.54) is 12.8 Å². The molecule has 2 fully saturated rings. The van der Waals surface area contributed by atoms with Crippen LogP contribution in [0.2, 0.25) is 0 Å². The molecule has 0 unspecified atom stereocenters. The zero-order valence-electron chi connectivity index (χ0n) is 25.3. The zero-order chi connectivity index (χ0) is 29.8. The summed E-state index contributed by atoms with van der Waals surface area (Å²) >= 11 is 0. The summed E-state index contributed by atoms with van der Waals surface area (Å²) < 4.78 is 15.6. The Morgan fingerprint density at radius 1 is 1.12 bits per heavy atom. The van der Waals surface area contributed by atoms with Crippen molar-refractivity contribution in [3.63, 3.8) is 0 Å². The maximum Gasteiger partial charge on any atom is 0.407 e. The molecule has 0 radical (unpaired) electrons. The Hall–Kier alpha value is -4.08. The number of rotatable bonds is 6. The number of hydrogen-bond donors (Lipinski definition) is 1. The Balaban J connectivity index is 1.33. The number of methoxy groups -OCH3 is 1. The normalized spacial score (nSPS) is 19.3. The van der Waals surface area contributed by atoms with Crippen LogP contribution >= 0.6 is 0 Å². The van der Waals surface area contributed by atoms with E-state index >= 15 is 0 Å². The van der Waals surface area contributed by atoms with E-state index in [9.17, 15) is 9.59 Å². The molecule has 10 heteroatoms. The van der Waals surface area contributed by atoms with Crippen LogP contribution in [0.4, 0.5) is 4.79 Å². The van der Waals surface area contributed by atoms with Crippen molar-refractivity contribution in [2.45, 2.75) is 77.6 Å². The van der Waals surface area contributed by atoms with Crippen LogP contribution in [0.25, 0.3) is 33.6 Å². The minimum atomic E-state index is -0.585. The lowest BCUT2D eigenvalue weighted by Gasteiger charge is -2.38. The number of pyridine rings is 1. The molecule has 42 heavy (non-hydrogen) atoms. The molecule has 4 heterocycles. The molecule has 6 rings (SSSR count). The van der Waals surface area contributed by atoms with E-state index in [0.717, 1.165) is 47.5 Å². The second-order valence-corrected chi connectivity index (χ2v) is 12.8. The fourth-order valence-corrected chi connectivity index (χ4v) is 5.98. The van der Waals surface area contributed by atoms with Crippen molar-refractivity contribution in [3.05, 3.63) is 42.1 Å². The molecule has 0 bridgehead atoms. The number of imidazole rings is 1. The molecule has 3 aromatic heterocycles. The molecule has 2 amide bonds. The highest BCUT2D eigenvalue weighted by Crippen LogP contribution is 2.37. The van der Waals surface area contributed by atoms with Gasteiger partial charge in [0.1, 0.15) is 22.5 Å². The summed E-state index contributed by atoms with van der Waals surface area (Å²) in [5, 5.41) is 4.02. The fourth-order valence-electron chi connectivity index (χ4n) is 5.98. The Bertz CT molecular complexity index is 1660. The summed E-state index contributed by atoms with van der Waals surface area (Å²) in [5.74, 6) is 1.94. The first-order chi connectivity index (χ1) is 20.0. The van der Waals surface area contributed by atoms with Gasteiger partial charge in [0, 0.05) is 49.4 Å². The first kappa shape index (κ1) is 28.1. The predicted molar refractivity (Wildman–Crippen MR) is 162 cm³/mol. The molecule has 1 N–H and O–H groups in total. The van der Waals surface area contributed by atoms with Gasteiger partial charge in [0.05, 0.1) is 18.3 Å². The van der Waals surface area contributed by atoms with Gasteiger partial charge in [-0.3, -0.25) is 4.79 Å². The number of nitrogens with one attached hydrogen (secondary N) is 1. The molecule has 1 aliphatic carbocycles. The number of likely N-dealkylation sites (tertiary alicyclic amines) is 1. The second kappa shape index (κ2) is 10.6. The Labute approximate surface area is 246 Å². The lowest BCUT2D eigenvalue weighted by Crippen LogP contribution is -2.53. The van der Waals surface area contributed by atoms with E-state index in [1.807, 2.05) is 62.5 Å². The maximum absolute atomic E-state index is 13.9. The lowest BCUT2D eigenvalue weighted by atomic mass is 9.98. The third-order valence-electron chi connectivity index (χ3n) is 8.29. The number of alkyl carbamates (subject to hydrolysis) is 1. The van der Waals surface area contributed by atoms with Crippen molar-refractivity contribution in [1.29, 1.82) is 0 Å². The molecule has 1 aliphatic heterocycles. The van der Waals surface area contributed by atoms with Gasteiger partial charge < -0.3 is 28.8 Å². The molecule has 1 saturated heterocycles. The number of piperidine rings is 1. The summed E-state index contributed by atoms with van der Waals surface area (Å²) in [6.07, 6.45) is 5.39. The van der Waals surface area contributed by atoms with Gasteiger partial charge >= 0.3 is 6.09 Å². The van der Waals surface area contributed by atoms with E-state index in [4.69, 9.17) is 14.5 Å². The Morgan fingerprint density at radius 2 is 1.90 bits per heavy atom. The van der Waals surface area contributed by atoms with Crippen molar-refractivity contribution in [2.75, 3.05) is 13.7 Å². The van der Waals surface area contributed by atoms with E-state index in [0.29, 0.717) is 29.3 Å². The van der Waals surface area contributed by atoms with Crippen molar-refractivity contribution < 1.29 is 19.1 Å². The van der Waals surface area contributed by atoms with Gasteiger partial charge in [-0.15, -0.1) is 0 Å². The third kappa shape index (κ3) is 5.42. The molecular formula is C32H40N6O4. The number of fused-ring (bicyclic) bond motifs is 2. The van der Waals surface area contributed by atoms with Crippen molar-refractivity contribution >= 4 is 34.1 Å². The summed E-state index contributed by atoms with van der Waals surface area (Å²) in [6.45, 7) is 8.86. The smallest absolute Gasteiger partial charge is 0.407 e. The number of benzene rings is 1. The largest absolute Gasteiger partial charge is 0.494 e. The minimum Gasteiger partial charge on any atom is -0.494 e. The highest BCUT2D eigenvalue weighted by molar-refractivity contribution is 6.00. The average molecular weight is 573 g/mol. The molecular weight excluding hydrogens is 532 g/mol. The summed E-state index contributed by atoms with van der Waals surface area (Å²) in [7, 11) is 3.61. The van der Waals surface area contributed by atoms with Crippen molar-refractivity contribution in [3.8, 4) is 17.3 Å². The summed E-state index contributed by atoms with van der Waals surface area (Å²) in [6, 6.07) is 9.69. The summed E-state index contributed by atoms with van der Waals surface area (Å²) in [5.41, 5.74) is 3.41. The third-order valence-corrected chi connectivity index (χ3v) is 8.29. The number of amides is 2. The van der Waals surface area contributed by atoms with Crippen LogP contribution in [0.15, 0.2) is 36.5 Å². The average Bonchev–Trinajstić information content (AvgIpc) is 3.61. The number of carbonyl (C=O) groups excluding carboxylic acids is 2. The molecule has 0 spiro atoms. The summed E-state index contributed by atoms with van der Waals surface area (Å²) in [4.78, 5) is 37.9. The van der Waals surface area contributed by atoms with Crippen LogP contribution in [0.1, 0.15) is 63.7 Å². The van der Waals surface area contributed by atoms with Crippen LogP contribution in [0.5, 0.6) is 5.75 Å². The van der Waals surface area contributed by atoms with Crippen molar-refractivity contribution in [1.82, 2.24) is 29.3 Å². The molecule has 10 nitrogen and oxygen atoms in total. The molecule has 1 aromatic carbocycles. The van der Waals surface area contributed by atoms with E-state index < -0.39 is 11.7 Å². The van der Waals surface area contributed by atoms with Gasteiger partial charge in [-0.1, -0.05) is 0 Å². The quantitative estimate of drug-likeness (QED) is 0.326. The zero-order valence-corrected chi connectivity index (χ0v) is 25.3. The van der Waals surface area contributed by atoms with E-state index in [1.54, 1.807) is 13.2 Å². The molecule has 4 aromatic rings. The molecule has 2 atom stereocenters. The monoisotopic (exact) mass is 572 g/mol. The SMILES string of the molecule is COc1cc(C(=O)N2C[C@H](NC(=O)OC(C)(C)C)CC[C@@H]2C)cc2nc(-c3cc4cccnc4n3CC3CC3)n(C)c12. The molecule has 2 aliphatic rings. The number of ether oxygens (including phenoxy) is 2. The number of aromatic nitrogens is 4. The van der Waals surface area contributed by atoms with Gasteiger partial charge in [-0.05, 0) is 89.6 Å². The first-order valence-electron chi connectivity index (χ1n) is 14.8. The number of aryl methyl sites for hydroxylation is 1. The van der Waals surface area contributed by atoms with Gasteiger partial charge in [-0.2, -0.15) is 0 Å². The molecule has 1 saturated carbocycles. The van der Waals surface area contributed by atoms with Crippen LogP contribution in [-0.4, -0.2) is 67.3 Å². The van der Waals surface area contributed by atoms with Crippen LogP contribution in [0.3, 0.4) is 0 Å². The van der Waals surface area contributed by atoms with E-state index in [-0.39, 0.29) is 18.0 Å². The topological polar surface area (TPSA) is 104 Å².